The molecule has 6 heteroatoms. The summed E-state index contributed by atoms with van der Waals surface area (Å²) < 4.78 is 5.07. The maximum atomic E-state index is 12.1. The lowest BCUT2D eigenvalue weighted by molar-refractivity contribution is 0.0512. The van der Waals surface area contributed by atoms with Crippen LogP contribution in [0.4, 0.5) is 5.82 Å². The Morgan fingerprint density at radius 2 is 2.00 bits per heavy atom. The first-order valence-corrected chi connectivity index (χ1v) is 8.06. The topological polar surface area (TPSA) is 58.6 Å². The monoisotopic (exact) mass is 314 g/mol. The maximum Gasteiger partial charge on any atom is 0.376 e. The zero-order valence-corrected chi connectivity index (χ0v) is 13.7. The van der Waals surface area contributed by atoms with Crippen LogP contribution in [0.1, 0.15) is 24.0 Å². The van der Waals surface area contributed by atoms with E-state index in [1.807, 2.05) is 24.3 Å². The van der Waals surface area contributed by atoms with Crippen molar-refractivity contribution in [3.05, 3.63) is 30.1 Å². The number of carbonyl (C=O) groups excluding carboxylic acids is 1. The molecular formula is C17H22N4O2. The van der Waals surface area contributed by atoms with Crippen LogP contribution >= 0.6 is 0 Å². The van der Waals surface area contributed by atoms with Gasteiger partial charge in [0.2, 0.25) is 5.82 Å². The molecule has 23 heavy (non-hydrogen) atoms. The molecule has 0 aliphatic carbocycles. The number of carbonyl (C=O) groups is 1. The molecular weight excluding hydrogens is 292 g/mol. The molecule has 0 atom stereocenters. The van der Waals surface area contributed by atoms with Gasteiger partial charge in [-0.05, 0) is 39.1 Å². The highest BCUT2D eigenvalue weighted by Crippen LogP contribution is 2.25. The Hall–Kier alpha value is -2.21. The van der Waals surface area contributed by atoms with Crippen molar-refractivity contribution in [2.75, 3.05) is 44.7 Å². The van der Waals surface area contributed by atoms with Gasteiger partial charge in [-0.1, -0.05) is 12.1 Å². The minimum Gasteiger partial charge on any atom is -0.460 e. The van der Waals surface area contributed by atoms with E-state index in [0.29, 0.717) is 6.61 Å². The van der Waals surface area contributed by atoms with E-state index < -0.39 is 5.97 Å². The van der Waals surface area contributed by atoms with Gasteiger partial charge in [-0.3, -0.25) is 0 Å². The second-order valence-electron chi connectivity index (χ2n) is 5.75. The van der Waals surface area contributed by atoms with Crippen molar-refractivity contribution in [1.29, 1.82) is 0 Å². The molecule has 1 aliphatic rings. The van der Waals surface area contributed by atoms with Crippen molar-refractivity contribution >= 4 is 22.7 Å². The van der Waals surface area contributed by atoms with Crippen LogP contribution in [0.15, 0.2) is 24.3 Å². The van der Waals surface area contributed by atoms with E-state index in [-0.39, 0.29) is 5.82 Å². The molecule has 3 rings (SSSR count). The highest BCUT2D eigenvalue weighted by atomic mass is 16.5. The summed E-state index contributed by atoms with van der Waals surface area (Å²) in [4.78, 5) is 25.5. The van der Waals surface area contributed by atoms with E-state index >= 15 is 0 Å². The fourth-order valence-corrected chi connectivity index (χ4v) is 2.85. The highest BCUT2D eigenvalue weighted by Gasteiger charge is 2.20. The van der Waals surface area contributed by atoms with E-state index in [4.69, 9.17) is 4.74 Å². The Kier molecular flexibility index (Phi) is 4.71. The number of ether oxygens (including phenoxy) is 1. The van der Waals surface area contributed by atoms with Crippen LogP contribution in [0.5, 0.6) is 0 Å². The molecule has 1 saturated heterocycles. The zero-order chi connectivity index (χ0) is 16.2. The molecule has 6 nitrogen and oxygen atoms in total. The van der Waals surface area contributed by atoms with Crippen LogP contribution in [-0.2, 0) is 4.74 Å². The molecule has 122 valence electrons. The zero-order valence-electron chi connectivity index (χ0n) is 13.7. The maximum absolute atomic E-state index is 12.1. The standard InChI is InChI=1S/C17H22N4O2/c1-3-23-17(22)15-18-14-8-5-4-7-13(14)16(19-15)21-10-6-9-20(2)11-12-21/h4-5,7-8H,3,6,9-12H2,1-2H3. The van der Waals surface area contributed by atoms with Gasteiger partial charge >= 0.3 is 5.97 Å². The fourth-order valence-electron chi connectivity index (χ4n) is 2.85. The SMILES string of the molecule is CCOC(=O)c1nc(N2CCCN(C)CC2)c2ccccc2n1. The Labute approximate surface area is 136 Å². The predicted molar refractivity (Wildman–Crippen MR) is 89.8 cm³/mol. The summed E-state index contributed by atoms with van der Waals surface area (Å²) >= 11 is 0. The summed E-state index contributed by atoms with van der Waals surface area (Å²) in [5, 5.41) is 0.977. The average molecular weight is 314 g/mol. The first-order chi connectivity index (χ1) is 11.2. The predicted octanol–water partition coefficient (Wildman–Crippen LogP) is 1.95. The fraction of sp³-hybridized carbons (Fsp3) is 0.471. The van der Waals surface area contributed by atoms with Crippen LogP contribution < -0.4 is 4.90 Å². The summed E-state index contributed by atoms with van der Waals surface area (Å²) in [7, 11) is 2.13. The number of para-hydroxylation sites is 1. The van der Waals surface area contributed by atoms with Crippen molar-refractivity contribution in [1.82, 2.24) is 14.9 Å². The Morgan fingerprint density at radius 1 is 1.17 bits per heavy atom. The van der Waals surface area contributed by atoms with Gasteiger partial charge in [-0.15, -0.1) is 0 Å². The van der Waals surface area contributed by atoms with E-state index in [0.717, 1.165) is 49.3 Å². The number of rotatable bonds is 3. The molecule has 1 aliphatic heterocycles. The number of hydrogen-bond acceptors (Lipinski definition) is 6. The van der Waals surface area contributed by atoms with Crippen molar-refractivity contribution in [3.63, 3.8) is 0 Å². The second kappa shape index (κ2) is 6.91. The van der Waals surface area contributed by atoms with Gasteiger partial charge in [0.25, 0.3) is 0 Å². The second-order valence-corrected chi connectivity index (χ2v) is 5.75. The Morgan fingerprint density at radius 3 is 2.83 bits per heavy atom. The van der Waals surface area contributed by atoms with Gasteiger partial charge in [0.1, 0.15) is 5.82 Å². The smallest absolute Gasteiger partial charge is 0.376 e. The molecule has 1 fully saturated rings. The lowest BCUT2D eigenvalue weighted by Crippen LogP contribution is -2.30. The average Bonchev–Trinajstić information content (AvgIpc) is 2.78. The molecule has 0 unspecified atom stereocenters. The van der Waals surface area contributed by atoms with Gasteiger partial charge in [0.05, 0.1) is 12.1 Å². The summed E-state index contributed by atoms with van der Waals surface area (Å²) in [5.74, 6) is 0.499. The summed E-state index contributed by atoms with van der Waals surface area (Å²) in [6, 6.07) is 7.81. The van der Waals surface area contributed by atoms with Crippen molar-refractivity contribution < 1.29 is 9.53 Å². The van der Waals surface area contributed by atoms with Crippen LogP contribution in [0, 0.1) is 0 Å². The molecule has 0 N–H and O–H groups in total. The number of nitrogens with zero attached hydrogens (tertiary/aromatic N) is 4. The van der Waals surface area contributed by atoms with Gasteiger partial charge in [-0.25, -0.2) is 14.8 Å². The van der Waals surface area contributed by atoms with E-state index in [1.54, 1.807) is 6.92 Å². The van der Waals surface area contributed by atoms with Crippen molar-refractivity contribution in [3.8, 4) is 0 Å². The number of likely N-dealkylation sites (N-methyl/N-ethyl adjacent to an activating group) is 1. The third kappa shape index (κ3) is 3.42. The van der Waals surface area contributed by atoms with E-state index in [1.165, 1.54) is 0 Å². The number of esters is 1. The van der Waals surface area contributed by atoms with Crippen LogP contribution in [0.25, 0.3) is 10.9 Å². The summed E-state index contributed by atoms with van der Waals surface area (Å²) in [5.41, 5.74) is 0.776. The number of anilines is 1. The highest BCUT2D eigenvalue weighted by molar-refractivity contribution is 5.94. The number of fused-ring (bicyclic) bond motifs is 1. The van der Waals surface area contributed by atoms with Crippen LogP contribution in [-0.4, -0.2) is 60.7 Å². The minimum atomic E-state index is -0.466. The van der Waals surface area contributed by atoms with Crippen molar-refractivity contribution in [2.24, 2.45) is 0 Å². The Balaban J connectivity index is 2.04. The summed E-state index contributed by atoms with van der Waals surface area (Å²) in [6.45, 7) is 5.97. The largest absolute Gasteiger partial charge is 0.460 e. The van der Waals surface area contributed by atoms with Gasteiger partial charge in [0.15, 0.2) is 0 Å². The van der Waals surface area contributed by atoms with Crippen LogP contribution in [0.2, 0.25) is 0 Å². The molecule has 1 aromatic heterocycles. The van der Waals surface area contributed by atoms with Crippen molar-refractivity contribution in [2.45, 2.75) is 13.3 Å². The quantitative estimate of drug-likeness (QED) is 0.807. The molecule has 0 radical (unpaired) electrons. The number of aromatic nitrogens is 2. The first kappa shape index (κ1) is 15.7. The van der Waals surface area contributed by atoms with E-state index in [2.05, 4.69) is 26.8 Å². The third-order valence-corrected chi connectivity index (χ3v) is 4.06. The molecule has 0 spiro atoms. The Bertz CT molecular complexity index is 704. The first-order valence-electron chi connectivity index (χ1n) is 8.06. The van der Waals surface area contributed by atoms with Gasteiger partial charge in [0, 0.05) is 25.0 Å². The molecule has 1 aromatic carbocycles. The number of hydrogen-bond donors (Lipinski definition) is 0. The molecule has 2 heterocycles. The van der Waals surface area contributed by atoms with E-state index in [9.17, 15) is 4.79 Å². The lowest BCUT2D eigenvalue weighted by Gasteiger charge is -2.23. The minimum absolute atomic E-state index is 0.137. The number of benzene rings is 1. The normalized spacial score (nSPS) is 16.3. The van der Waals surface area contributed by atoms with Gasteiger partial charge < -0.3 is 14.5 Å². The third-order valence-electron chi connectivity index (χ3n) is 4.06. The molecule has 0 bridgehead atoms. The lowest BCUT2D eigenvalue weighted by atomic mass is 10.2. The molecule has 2 aromatic rings. The molecule has 0 saturated carbocycles. The van der Waals surface area contributed by atoms with Gasteiger partial charge in [-0.2, -0.15) is 0 Å². The summed E-state index contributed by atoms with van der Waals surface area (Å²) in [6.07, 6.45) is 1.07. The molecule has 0 amide bonds. The van der Waals surface area contributed by atoms with Crippen LogP contribution in [0.3, 0.4) is 0 Å².